The topological polar surface area (TPSA) is 67.8 Å². The first-order valence-corrected chi connectivity index (χ1v) is 6.42. The zero-order valence-corrected chi connectivity index (χ0v) is 11.9. The number of benzene rings is 2. The lowest BCUT2D eigenvalue weighted by Crippen LogP contribution is -2.23. The molecule has 0 unspecified atom stereocenters. The van der Waals surface area contributed by atoms with Crippen molar-refractivity contribution >= 4 is 5.91 Å². The number of nitrogens with one attached hydrogen (secondary N) is 1. The van der Waals surface area contributed by atoms with Gasteiger partial charge in [0.2, 0.25) is 0 Å². The highest BCUT2D eigenvalue weighted by molar-refractivity contribution is 5.97. The molecule has 0 spiro atoms. The summed E-state index contributed by atoms with van der Waals surface area (Å²) >= 11 is 0. The molecule has 0 saturated carbocycles. The van der Waals surface area contributed by atoms with Crippen LogP contribution in [0, 0.1) is 0 Å². The number of rotatable bonds is 5. The number of phenols is 1. The minimum absolute atomic E-state index is 0.196. The Hall–Kier alpha value is -2.69. The standard InChI is InChI=1S/C16H17NO4/c1-20-13-7-8-14(15(9-13)21-2)16(19)17-10-11-3-5-12(18)6-4-11/h3-9,18H,10H2,1-2H3,(H,17,19). The Bertz CT molecular complexity index is 623. The van der Waals surface area contributed by atoms with Crippen LogP contribution in [0.2, 0.25) is 0 Å². The molecular weight excluding hydrogens is 270 g/mol. The average Bonchev–Trinajstić information content (AvgIpc) is 2.53. The molecule has 0 aromatic heterocycles. The maximum Gasteiger partial charge on any atom is 0.255 e. The van der Waals surface area contributed by atoms with E-state index in [2.05, 4.69) is 5.32 Å². The van der Waals surface area contributed by atoms with Crippen molar-refractivity contribution < 1.29 is 19.4 Å². The first kappa shape index (κ1) is 14.7. The SMILES string of the molecule is COc1ccc(C(=O)NCc2ccc(O)cc2)c(OC)c1. The number of aromatic hydroxyl groups is 1. The molecule has 0 aliphatic carbocycles. The van der Waals surface area contributed by atoms with E-state index in [0.29, 0.717) is 23.6 Å². The van der Waals surface area contributed by atoms with Crippen molar-refractivity contribution in [1.29, 1.82) is 0 Å². The van der Waals surface area contributed by atoms with Gasteiger partial charge in [0.1, 0.15) is 17.2 Å². The van der Waals surface area contributed by atoms with Crippen LogP contribution >= 0.6 is 0 Å². The lowest BCUT2D eigenvalue weighted by molar-refractivity contribution is 0.0948. The third-order valence-corrected chi connectivity index (χ3v) is 3.04. The van der Waals surface area contributed by atoms with Crippen LogP contribution in [0.15, 0.2) is 42.5 Å². The van der Waals surface area contributed by atoms with E-state index < -0.39 is 0 Å². The Morgan fingerprint density at radius 3 is 2.43 bits per heavy atom. The zero-order valence-electron chi connectivity index (χ0n) is 11.9. The van der Waals surface area contributed by atoms with E-state index in [0.717, 1.165) is 5.56 Å². The molecule has 0 bridgehead atoms. The van der Waals surface area contributed by atoms with Gasteiger partial charge in [0.25, 0.3) is 5.91 Å². The number of hydrogen-bond donors (Lipinski definition) is 2. The fraction of sp³-hybridized carbons (Fsp3) is 0.188. The highest BCUT2D eigenvalue weighted by Gasteiger charge is 2.12. The second-order valence-corrected chi connectivity index (χ2v) is 4.42. The molecule has 0 fully saturated rings. The third-order valence-electron chi connectivity index (χ3n) is 3.04. The number of ether oxygens (including phenoxy) is 2. The van der Waals surface area contributed by atoms with Gasteiger partial charge >= 0.3 is 0 Å². The molecule has 2 aromatic carbocycles. The van der Waals surface area contributed by atoms with Gasteiger partial charge in [0, 0.05) is 12.6 Å². The summed E-state index contributed by atoms with van der Waals surface area (Å²) in [6.07, 6.45) is 0. The maximum absolute atomic E-state index is 12.2. The summed E-state index contributed by atoms with van der Waals surface area (Å²) in [4.78, 5) is 12.2. The fourth-order valence-electron chi connectivity index (χ4n) is 1.88. The third kappa shape index (κ3) is 3.66. The molecule has 0 radical (unpaired) electrons. The monoisotopic (exact) mass is 287 g/mol. The first-order chi connectivity index (χ1) is 10.1. The summed E-state index contributed by atoms with van der Waals surface area (Å²) in [6.45, 7) is 0.369. The first-order valence-electron chi connectivity index (χ1n) is 6.42. The number of carbonyl (C=O) groups excluding carboxylic acids is 1. The molecule has 0 aliphatic rings. The molecule has 0 saturated heterocycles. The van der Waals surface area contributed by atoms with E-state index in [1.165, 1.54) is 7.11 Å². The smallest absolute Gasteiger partial charge is 0.255 e. The number of methoxy groups -OCH3 is 2. The van der Waals surface area contributed by atoms with Crippen molar-refractivity contribution in [2.75, 3.05) is 14.2 Å². The van der Waals surface area contributed by atoms with Gasteiger partial charge in [-0.1, -0.05) is 12.1 Å². The van der Waals surface area contributed by atoms with Crippen molar-refractivity contribution in [2.45, 2.75) is 6.54 Å². The second-order valence-electron chi connectivity index (χ2n) is 4.42. The van der Waals surface area contributed by atoms with Crippen molar-refractivity contribution in [1.82, 2.24) is 5.32 Å². The van der Waals surface area contributed by atoms with Crippen molar-refractivity contribution in [3.05, 3.63) is 53.6 Å². The summed E-state index contributed by atoms with van der Waals surface area (Å²) in [6, 6.07) is 11.7. The van der Waals surface area contributed by atoms with Crippen LogP contribution in [0.3, 0.4) is 0 Å². The Morgan fingerprint density at radius 2 is 1.81 bits per heavy atom. The van der Waals surface area contributed by atoms with Crippen molar-refractivity contribution in [3.8, 4) is 17.2 Å². The van der Waals surface area contributed by atoms with Gasteiger partial charge in [-0.3, -0.25) is 4.79 Å². The normalized spacial score (nSPS) is 10.0. The predicted molar refractivity (Wildman–Crippen MR) is 78.8 cm³/mol. The molecule has 0 heterocycles. The lowest BCUT2D eigenvalue weighted by atomic mass is 10.1. The van der Waals surface area contributed by atoms with E-state index in [-0.39, 0.29) is 11.7 Å². The fourth-order valence-corrected chi connectivity index (χ4v) is 1.88. The average molecular weight is 287 g/mol. The minimum Gasteiger partial charge on any atom is -0.508 e. The summed E-state index contributed by atoms with van der Waals surface area (Å²) in [5.41, 5.74) is 1.34. The molecule has 5 nitrogen and oxygen atoms in total. The number of phenolic OH excluding ortho intramolecular Hbond substituents is 1. The largest absolute Gasteiger partial charge is 0.508 e. The molecular formula is C16H17NO4. The molecule has 0 atom stereocenters. The van der Waals surface area contributed by atoms with Gasteiger partial charge in [0.05, 0.1) is 19.8 Å². The van der Waals surface area contributed by atoms with Crippen LogP contribution in [-0.4, -0.2) is 25.2 Å². The quantitative estimate of drug-likeness (QED) is 0.885. The van der Waals surface area contributed by atoms with Crippen molar-refractivity contribution in [2.24, 2.45) is 0 Å². The lowest BCUT2D eigenvalue weighted by Gasteiger charge is -2.11. The molecule has 2 rings (SSSR count). The Labute approximate surface area is 123 Å². The number of amides is 1. The van der Waals surface area contributed by atoms with Gasteiger partial charge in [-0.2, -0.15) is 0 Å². The minimum atomic E-state index is -0.234. The van der Waals surface area contributed by atoms with E-state index in [1.807, 2.05) is 0 Å². The highest BCUT2D eigenvalue weighted by Crippen LogP contribution is 2.24. The van der Waals surface area contributed by atoms with Crippen LogP contribution in [0.25, 0.3) is 0 Å². The second kappa shape index (κ2) is 6.65. The predicted octanol–water partition coefficient (Wildman–Crippen LogP) is 2.34. The number of carbonyl (C=O) groups is 1. The highest BCUT2D eigenvalue weighted by atomic mass is 16.5. The Balaban J connectivity index is 2.07. The van der Waals surface area contributed by atoms with Crippen LogP contribution in [0.5, 0.6) is 17.2 Å². The molecule has 21 heavy (non-hydrogen) atoms. The van der Waals surface area contributed by atoms with Crippen LogP contribution in [-0.2, 0) is 6.54 Å². The van der Waals surface area contributed by atoms with Gasteiger partial charge in [0.15, 0.2) is 0 Å². The van der Waals surface area contributed by atoms with Gasteiger partial charge < -0.3 is 19.9 Å². The van der Waals surface area contributed by atoms with E-state index in [4.69, 9.17) is 9.47 Å². The zero-order chi connectivity index (χ0) is 15.2. The summed E-state index contributed by atoms with van der Waals surface area (Å²) < 4.78 is 10.3. The van der Waals surface area contributed by atoms with E-state index >= 15 is 0 Å². The Morgan fingerprint density at radius 1 is 1.10 bits per heavy atom. The maximum atomic E-state index is 12.2. The van der Waals surface area contributed by atoms with E-state index in [1.54, 1.807) is 49.6 Å². The summed E-state index contributed by atoms with van der Waals surface area (Å²) in [5, 5.41) is 12.0. The van der Waals surface area contributed by atoms with Gasteiger partial charge in [-0.05, 0) is 29.8 Å². The molecule has 110 valence electrons. The summed E-state index contributed by atoms with van der Waals surface area (Å²) in [5.74, 6) is 1.05. The van der Waals surface area contributed by atoms with Gasteiger partial charge in [-0.15, -0.1) is 0 Å². The molecule has 2 N–H and O–H groups in total. The van der Waals surface area contributed by atoms with Gasteiger partial charge in [-0.25, -0.2) is 0 Å². The van der Waals surface area contributed by atoms with Crippen LogP contribution in [0.4, 0.5) is 0 Å². The summed E-state index contributed by atoms with van der Waals surface area (Å²) in [7, 11) is 3.06. The van der Waals surface area contributed by atoms with Crippen LogP contribution < -0.4 is 14.8 Å². The Kier molecular flexibility index (Phi) is 4.66. The molecule has 0 aliphatic heterocycles. The molecule has 1 amide bonds. The molecule has 5 heteroatoms. The number of hydrogen-bond acceptors (Lipinski definition) is 4. The van der Waals surface area contributed by atoms with Crippen molar-refractivity contribution in [3.63, 3.8) is 0 Å². The van der Waals surface area contributed by atoms with E-state index in [9.17, 15) is 9.90 Å². The molecule has 2 aromatic rings. The van der Waals surface area contributed by atoms with Crippen LogP contribution in [0.1, 0.15) is 15.9 Å².